The largest absolute Gasteiger partial charge is 0.504 e. The fourth-order valence-corrected chi connectivity index (χ4v) is 4.15. The summed E-state index contributed by atoms with van der Waals surface area (Å²) in [6.45, 7) is 0. The highest BCUT2D eigenvalue weighted by Gasteiger charge is 2.31. The minimum atomic E-state index is -0.972. The molecule has 0 radical (unpaired) electrons. The Hall–Kier alpha value is -4.66. The van der Waals surface area contributed by atoms with Gasteiger partial charge in [0.25, 0.3) is 0 Å². The Kier molecular flexibility index (Phi) is 6.73. The van der Waals surface area contributed by atoms with Crippen LogP contribution in [0.4, 0.5) is 0 Å². The van der Waals surface area contributed by atoms with Crippen molar-refractivity contribution in [2.24, 2.45) is 0 Å². The molecule has 0 saturated heterocycles. The molecule has 0 unspecified atom stereocenters. The van der Waals surface area contributed by atoms with Crippen LogP contribution in [-0.4, -0.2) is 42.6 Å². The third kappa shape index (κ3) is 4.26. The van der Waals surface area contributed by atoms with Gasteiger partial charge in [-0.3, -0.25) is 9.59 Å². The van der Waals surface area contributed by atoms with Gasteiger partial charge in [0.05, 0.1) is 27.8 Å². The zero-order chi connectivity index (χ0) is 26.0. The van der Waals surface area contributed by atoms with Gasteiger partial charge in [-0.15, -0.1) is 0 Å². The van der Waals surface area contributed by atoms with E-state index in [4.69, 9.17) is 18.6 Å². The van der Waals surface area contributed by atoms with Gasteiger partial charge >= 0.3 is 5.97 Å². The fourth-order valence-electron chi connectivity index (χ4n) is 4.15. The van der Waals surface area contributed by atoms with Crippen molar-refractivity contribution >= 4 is 16.9 Å². The molecule has 1 heterocycles. The molecule has 0 bridgehead atoms. The predicted octanol–water partition coefficient (Wildman–Crippen LogP) is 4.29. The predicted molar refractivity (Wildman–Crippen MR) is 131 cm³/mol. The van der Waals surface area contributed by atoms with Crippen LogP contribution in [0.5, 0.6) is 28.7 Å². The molecule has 0 aliphatic carbocycles. The first-order valence-electron chi connectivity index (χ1n) is 10.9. The van der Waals surface area contributed by atoms with E-state index in [1.54, 1.807) is 48.5 Å². The molecule has 3 aromatic carbocycles. The van der Waals surface area contributed by atoms with Crippen molar-refractivity contribution in [3.05, 3.63) is 75.9 Å². The molecule has 3 N–H and O–H groups in total. The molecule has 0 aliphatic heterocycles. The molecule has 0 saturated carbocycles. The van der Waals surface area contributed by atoms with Crippen molar-refractivity contribution in [2.75, 3.05) is 21.3 Å². The number of hydrogen-bond donors (Lipinski definition) is 3. The molecule has 1 atom stereocenters. The van der Waals surface area contributed by atoms with Crippen LogP contribution >= 0.6 is 0 Å². The summed E-state index contributed by atoms with van der Waals surface area (Å²) in [6, 6.07) is 14.8. The van der Waals surface area contributed by atoms with E-state index in [0.717, 1.165) is 0 Å². The average Bonchev–Trinajstić information content (AvgIpc) is 2.90. The maximum absolute atomic E-state index is 13.1. The SMILES string of the molecule is COC(=O)C[C@H](c1ccc(OC)c(OC)c1)c1c(O)c(O)c(O)c2c(=O)cc(-c3ccccc3)oc12. The topological polar surface area (TPSA) is 136 Å². The van der Waals surface area contributed by atoms with E-state index in [1.165, 1.54) is 27.4 Å². The van der Waals surface area contributed by atoms with Crippen LogP contribution in [0.2, 0.25) is 0 Å². The lowest BCUT2D eigenvalue weighted by Crippen LogP contribution is -2.13. The zero-order valence-corrected chi connectivity index (χ0v) is 19.8. The second kappa shape index (κ2) is 9.91. The molecule has 1 aromatic heterocycles. The highest BCUT2D eigenvalue weighted by Crippen LogP contribution is 2.50. The number of phenols is 3. The monoisotopic (exact) mass is 492 g/mol. The van der Waals surface area contributed by atoms with Gasteiger partial charge in [-0.1, -0.05) is 36.4 Å². The third-order valence-corrected chi connectivity index (χ3v) is 5.95. The maximum Gasteiger partial charge on any atom is 0.306 e. The van der Waals surface area contributed by atoms with Gasteiger partial charge in [0, 0.05) is 23.1 Å². The summed E-state index contributed by atoms with van der Waals surface area (Å²) in [5, 5.41) is 31.7. The number of methoxy groups -OCH3 is 3. The normalized spacial score (nSPS) is 11.8. The van der Waals surface area contributed by atoms with Crippen molar-refractivity contribution in [1.82, 2.24) is 0 Å². The fraction of sp³-hybridized carbons (Fsp3) is 0.185. The molecule has 0 fully saturated rings. The van der Waals surface area contributed by atoms with Gasteiger partial charge in [-0.05, 0) is 17.7 Å². The Labute approximate surface area is 205 Å². The minimum Gasteiger partial charge on any atom is -0.504 e. The van der Waals surface area contributed by atoms with Crippen LogP contribution in [0.15, 0.2) is 63.8 Å². The molecule has 4 rings (SSSR count). The first-order valence-corrected chi connectivity index (χ1v) is 10.9. The van der Waals surface area contributed by atoms with Crippen LogP contribution in [0, 0.1) is 0 Å². The average molecular weight is 492 g/mol. The van der Waals surface area contributed by atoms with Crippen molar-refractivity contribution in [1.29, 1.82) is 0 Å². The second-order valence-corrected chi connectivity index (χ2v) is 7.95. The van der Waals surface area contributed by atoms with Gasteiger partial charge in [-0.2, -0.15) is 0 Å². The van der Waals surface area contributed by atoms with Crippen molar-refractivity contribution in [3.8, 4) is 40.1 Å². The van der Waals surface area contributed by atoms with Gasteiger partial charge in [-0.25, -0.2) is 0 Å². The van der Waals surface area contributed by atoms with Crippen molar-refractivity contribution in [2.45, 2.75) is 12.3 Å². The molecule has 0 amide bonds. The summed E-state index contributed by atoms with van der Waals surface area (Å²) >= 11 is 0. The summed E-state index contributed by atoms with van der Waals surface area (Å²) in [6.07, 6.45) is -0.294. The number of carbonyl (C=O) groups is 1. The highest BCUT2D eigenvalue weighted by molar-refractivity contribution is 5.93. The molecular formula is C27H24O9. The first-order chi connectivity index (χ1) is 17.3. The van der Waals surface area contributed by atoms with Gasteiger partial charge in [0.2, 0.25) is 5.75 Å². The number of aromatic hydroxyl groups is 3. The molecule has 0 spiro atoms. The van der Waals surface area contributed by atoms with Crippen molar-refractivity contribution in [3.63, 3.8) is 0 Å². The lowest BCUT2D eigenvalue weighted by molar-refractivity contribution is -0.140. The standard InChI is InChI=1S/C27H24O9/c1-33-18-10-9-15(11-20(18)34-2)16(12-21(29)35-3)22-24(30)26(32)25(31)23-17(28)13-19(36-27(22)23)14-7-5-4-6-8-14/h4-11,13,16,30-32H,12H2,1-3H3/t16-/m1/s1. The zero-order valence-electron chi connectivity index (χ0n) is 19.8. The Bertz CT molecular complexity index is 1490. The number of hydrogen-bond acceptors (Lipinski definition) is 9. The second-order valence-electron chi connectivity index (χ2n) is 7.95. The van der Waals surface area contributed by atoms with E-state index >= 15 is 0 Å². The van der Waals surface area contributed by atoms with E-state index in [9.17, 15) is 24.9 Å². The number of rotatable bonds is 7. The van der Waals surface area contributed by atoms with Crippen LogP contribution in [0.25, 0.3) is 22.3 Å². The number of phenolic OH excluding ortho intramolecular Hbond substituents is 3. The summed E-state index contributed by atoms with van der Waals surface area (Å²) < 4.78 is 21.6. The third-order valence-electron chi connectivity index (χ3n) is 5.95. The van der Waals surface area contributed by atoms with Gasteiger partial charge in [0.1, 0.15) is 16.7 Å². The summed E-state index contributed by atoms with van der Waals surface area (Å²) in [7, 11) is 4.13. The Morgan fingerprint density at radius 1 is 0.889 bits per heavy atom. The Balaban J connectivity index is 2.08. The molecule has 0 aliphatic rings. The van der Waals surface area contributed by atoms with Crippen LogP contribution in [-0.2, 0) is 9.53 Å². The molecule has 9 nitrogen and oxygen atoms in total. The molecule has 186 valence electrons. The van der Waals surface area contributed by atoms with E-state index in [1.807, 2.05) is 0 Å². The Morgan fingerprint density at radius 3 is 2.22 bits per heavy atom. The molecular weight excluding hydrogens is 468 g/mol. The van der Waals surface area contributed by atoms with Gasteiger partial charge < -0.3 is 33.9 Å². The number of fused-ring (bicyclic) bond motifs is 1. The number of esters is 1. The van der Waals surface area contributed by atoms with Crippen molar-refractivity contribution < 1.29 is 38.7 Å². The smallest absolute Gasteiger partial charge is 0.306 e. The first kappa shape index (κ1) is 24.5. The molecule has 36 heavy (non-hydrogen) atoms. The summed E-state index contributed by atoms with van der Waals surface area (Å²) in [4.78, 5) is 25.5. The van der Waals surface area contributed by atoms with E-state index in [-0.39, 0.29) is 28.7 Å². The van der Waals surface area contributed by atoms with Crippen LogP contribution < -0.4 is 14.9 Å². The number of ether oxygens (including phenoxy) is 3. The lowest BCUT2D eigenvalue weighted by Gasteiger charge is -2.22. The minimum absolute atomic E-state index is 0.0761. The van der Waals surface area contributed by atoms with Gasteiger partial charge in [0.15, 0.2) is 28.4 Å². The van der Waals surface area contributed by atoms with Crippen LogP contribution in [0.1, 0.15) is 23.5 Å². The quantitative estimate of drug-likeness (QED) is 0.255. The highest BCUT2D eigenvalue weighted by atomic mass is 16.5. The number of benzene rings is 3. The maximum atomic E-state index is 13.1. The lowest BCUT2D eigenvalue weighted by atomic mass is 9.86. The number of carbonyl (C=O) groups excluding carboxylic acids is 1. The molecule has 4 aromatic rings. The Morgan fingerprint density at radius 2 is 1.58 bits per heavy atom. The van der Waals surface area contributed by atoms with E-state index < -0.39 is 34.6 Å². The van der Waals surface area contributed by atoms with Crippen LogP contribution in [0.3, 0.4) is 0 Å². The summed E-state index contributed by atoms with van der Waals surface area (Å²) in [5.74, 6) is -3.13. The summed E-state index contributed by atoms with van der Waals surface area (Å²) in [5.41, 5.74) is 0.136. The molecule has 9 heteroatoms. The van der Waals surface area contributed by atoms with E-state index in [0.29, 0.717) is 22.6 Å². The van der Waals surface area contributed by atoms with E-state index in [2.05, 4.69) is 0 Å².